The number of thioether (sulfide) groups is 1. The van der Waals surface area contributed by atoms with Gasteiger partial charge in [0.1, 0.15) is 5.75 Å². The van der Waals surface area contributed by atoms with E-state index in [0.717, 1.165) is 17.7 Å². The highest BCUT2D eigenvalue weighted by Gasteiger charge is 2.32. The number of nitrogens with two attached hydrogens (primary N) is 1. The molecule has 2 aromatic rings. The van der Waals surface area contributed by atoms with Crippen LogP contribution in [-0.2, 0) is 11.3 Å². The van der Waals surface area contributed by atoms with Crippen LogP contribution in [0.1, 0.15) is 35.7 Å². The molecule has 0 aliphatic carbocycles. The maximum absolute atomic E-state index is 13.0. The number of amides is 2. The molecule has 0 saturated heterocycles. The van der Waals surface area contributed by atoms with Crippen molar-refractivity contribution in [1.82, 2.24) is 5.32 Å². The third-order valence-electron chi connectivity index (χ3n) is 4.80. The van der Waals surface area contributed by atoms with E-state index in [9.17, 15) is 22.8 Å². The SMILES string of the molecule is CCCCNC(=O)c1ccc2c(c1)N(Cc1cccc(OC(F)(F)F)c1)C(=O)[C@@H](N)CS2.Cl. The Hall–Kier alpha value is -2.43. The van der Waals surface area contributed by atoms with E-state index in [4.69, 9.17) is 5.73 Å². The molecule has 1 aliphatic rings. The summed E-state index contributed by atoms with van der Waals surface area (Å²) < 4.78 is 41.7. The number of benzene rings is 2. The van der Waals surface area contributed by atoms with Crippen molar-refractivity contribution in [3.05, 3.63) is 53.6 Å². The highest BCUT2D eigenvalue weighted by molar-refractivity contribution is 7.99. The Balaban J connectivity index is 0.00000385. The van der Waals surface area contributed by atoms with Crippen molar-refractivity contribution in [2.75, 3.05) is 17.2 Å². The quantitative estimate of drug-likeness (QED) is 0.543. The Bertz CT molecular complexity index is 991. The molecule has 3 rings (SSSR count). The summed E-state index contributed by atoms with van der Waals surface area (Å²) in [4.78, 5) is 27.7. The first-order valence-electron chi connectivity index (χ1n) is 10.1. The van der Waals surface area contributed by atoms with E-state index in [1.165, 1.54) is 34.9 Å². The molecule has 0 spiro atoms. The Morgan fingerprint density at radius 2 is 2.03 bits per heavy atom. The summed E-state index contributed by atoms with van der Waals surface area (Å²) in [5.41, 5.74) is 7.35. The van der Waals surface area contributed by atoms with E-state index in [0.29, 0.717) is 29.1 Å². The Kier molecular flexibility index (Phi) is 9.45. The van der Waals surface area contributed by atoms with Gasteiger partial charge in [0.2, 0.25) is 5.91 Å². The normalized spacial score (nSPS) is 15.8. The van der Waals surface area contributed by atoms with Crippen molar-refractivity contribution in [3.8, 4) is 5.75 Å². The van der Waals surface area contributed by atoms with Crippen LogP contribution in [-0.4, -0.2) is 36.5 Å². The molecule has 11 heteroatoms. The molecular formula is C22H25ClF3N3O3S. The van der Waals surface area contributed by atoms with Crippen LogP contribution in [0.5, 0.6) is 5.75 Å². The van der Waals surface area contributed by atoms with E-state index in [1.807, 2.05) is 6.92 Å². The van der Waals surface area contributed by atoms with Gasteiger partial charge in [0.05, 0.1) is 18.3 Å². The fourth-order valence-electron chi connectivity index (χ4n) is 3.23. The zero-order chi connectivity index (χ0) is 23.3. The van der Waals surface area contributed by atoms with Crippen LogP contribution in [0.2, 0.25) is 0 Å². The zero-order valence-electron chi connectivity index (χ0n) is 17.9. The summed E-state index contributed by atoms with van der Waals surface area (Å²) in [5.74, 6) is -0.656. The first-order chi connectivity index (χ1) is 15.2. The van der Waals surface area contributed by atoms with E-state index in [-0.39, 0.29) is 36.5 Å². The molecule has 0 radical (unpaired) electrons. The second kappa shape index (κ2) is 11.6. The van der Waals surface area contributed by atoms with Gasteiger partial charge in [-0.15, -0.1) is 37.3 Å². The molecule has 0 fully saturated rings. The van der Waals surface area contributed by atoms with Crippen LogP contribution in [0.3, 0.4) is 0 Å². The van der Waals surface area contributed by atoms with Gasteiger partial charge in [0, 0.05) is 22.8 Å². The molecule has 0 saturated carbocycles. The van der Waals surface area contributed by atoms with E-state index in [1.54, 1.807) is 24.3 Å². The minimum absolute atomic E-state index is 0. The molecule has 2 aromatic carbocycles. The summed E-state index contributed by atoms with van der Waals surface area (Å²) in [6.45, 7) is 2.55. The van der Waals surface area contributed by atoms with Crippen molar-refractivity contribution in [1.29, 1.82) is 0 Å². The topological polar surface area (TPSA) is 84.7 Å². The summed E-state index contributed by atoms with van der Waals surface area (Å²) in [7, 11) is 0. The lowest BCUT2D eigenvalue weighted by molar-refractivity contribution is -0.274. The predicted octanol–water partition coefficient (Wildman–Crippen LogP) is 4.50. The highest BCUT2D eigenvalue weighted by Crippen LogP contribution is 2.36. The number of carbonyl (C=O) groups excluding carboxylic acids is 2. The summed E-state index contributed by atoms with van der Waals surface area (Å²) in [6.07, 6.45) is -3.02. The van der Waals surface area contributed by atoms with Gasteiger partial charge < -0.3 is 20.7 Å². The molecule has 0 bridgehead atoms. The molecule has 33 heavy (non-hydrogen) atoms. The van der Waals surface area contributed by atoms with Crippen molar-refractivity contribution in [2.45, 2.75) is 43.6 Å². The monoisotopic (exact) mass is 503 g/mol. The van der Waals surface area contributed by atoms with Crippen molar-refractivity contribution in [3.63, 3.8) is 0 Å². The van der Waals surface area contributed by atoms with Gasteiger partial charge >= 0.3 is 6.36 Å². The van der Waals surface area contributed by atoms with Gasteiger partial charge in [0.15, 0.2) is 0 Å². The van der Waals surface area contributed by atoms with Gasteiger partial charge in [-0.05, 0) is 42.3 Å². The van der Waals surface area contributed by atoms with Gasteiger partial charge in [-0.3, -0.25) is 9.59 Å². The second-order valence-electron chi connectivity index (χ2n) is 7.33. The van der Waals surface area contributed by atoms with Gasteiger partial charge in [-0.2, -0.15) is 0 Å². The predicted molar refractivity (Wildman–Crippen MR) is 124 cm³/mol. The third-order valence-corrected chi connectivity index (χ3v) is 5.98. The molecule has 2 amide bonds. The van der Waals surface area contributed by atoms with Gasteiger partial charge in [-0.1, -0.05) is 25.5 Å². The third kappa shape index (κ3) is 7.28. The molecular weight excluding hydrogens is 479 g/mol. The van der Waals surface area contributed by atoms with Crippen molar-refractivity contribution < 1.29 is 27.5 Å². The van der Waals surface area contributed by atoms with Crippen LogP contribution in [0.25, 0.3) is 0 Å². The number of nitrogens with zero attached hydrogens (tertiary/aromatic N) is 1. The van der Waals surface area contributed by atoms with Crippen LogP contribution in [0, 0.1) is 0 Å². The standard InChI is InChI=1S/C22H24F3N3O3S.ClH/c1-2-3-9-27-20(29)15-7-8-19-18(11-15)28(21(30)17(26)13-32-19)12-14-5-4-6-16(10-14)31-22(23,24)25;/h4-8,10-11,17H,2-3,9,12-13,26H2,1H3,(H,27,29);1H/t17-;/m0./s1. The first-order valence-corrected chi connectivity index (χ1v) is 11.1. The van der Waals surface area contributed by atoms with Gasteiger partial charge in [0.25, 0.3) is 5.91 Å². The largest absolute Gasteiger partial charge is 0.573 e. The number of halogens is 4. The molecule has 1 aliphatic heterocycles. The molecule has 180 valence electrons. The number of nitrogens with one attached hydrogen (secondary N) is 1. The molecule has 3 N–H and O–H groups in total. The van der Waals surface area contributed by atoms with Crippen LogP contribution < -0.4 is 20.7 Å². The number of rotatable bonds is 7. The number of fused-ring (bicyclic) bond motifs is 1. The average Bonchev–Trinajstić information content (AvgIpc) is 2.85. The van der Waals surface area contributed by atoms with E-state index >= 15 is 0 Å². The number of carbonyl (C=O) groups is 2. The van der Waals surface area contributed by atoms with Gasteiger partial charge in [-0.25, -0.2) is 0 Å². The van der Waals surface area contributed by atoms with E-state index < -0.39 is 12.4 Å². The molecule has 6 nitrogen and oxygen atoms in total. The lowest BCUT2D eigenvalue weighted by atomic mass is 10.1. The molecule has 1 heterocycles. The highest BCUT2D eigenvalue weighted by atomic mass is 35.5. The van der Waals surface area contributed by atoms with Crippen molar-refractivity contribution >= 4 is 41.7 Å². The lowest BCUT2D eigenvalue weighted by Crippen LogP contribution is -2.44. The fraction of sp³-hybridized carbons (Fsp3) is 0.364. The molecule has 0 unspecified atom stereocenters. The summed E-state index contributed by atoms with van der Waals surface area (Å²) >= 11 is 1.40. The molecule has 0 aromatic heterocycles. The maximum Gasteiger partial charge on any atom is 0.573 e. The number of unbranched alkanes of at least 4 members (excludes halogenated alkanes) is 1. The minimum Gasteiger partial charge on any atom is -0.406 e. The second-order valence-corrected chi connectivity index (χ2v) is 8.39. The zero-order valence-corrected chi connectivity index (χ0v) is 19.5. The molecule has 1 atom stereocenters. The van der Waals surface area contributed by atoms with E-state index in [2.05, 4.69) is 10.1 Å². The number of anilines is 1. The fourth-order valence-corrected chi connectivity index (χ4v) is 4.21. The Labute approximate surface area is 200 Å². The number of ether oxygens (including phenoxy) is 1. The lowest BCUT2D eigenvalue weighted by Gasteiger charge is -2.25. The smallest absolute Gasteiger partial charge is 0.406 e. The summed E-state index contributed by atoms with van der Waals surface area (Å²) in [6, 6.07) is 9.72. The Morgan fingerprint density at radius 1 is 1.27 bits per heavy atom. The average molecular weight is 504 g/mol. The number of alkyl halides is 3. The van der Waals surface area contributed by atoms with Crippen LogP contribution in [0.15, 0.2) is 47.4 Å². The maximum atomic E-state index is 13.0. The number of hydrogen-bond acceptors (Lipinski definition) is 5. The van der Waals surface area contributed by atoms with Crippen LogP contribution >= 0.6 is 24.2 Å². The number of hydrogen-bond donors (Lipinski definition) is 2. The van der Waals surface area contributed by atoms with Crippen molar-refractivity contribution in [2.24, 2.45) is 5.73 Å². The van der Waals surface area contributed by atoms with Crippen LogP contribution in [0.4, 0.5) is 18.9 Å². The Morgan fingerprint density at radius 3 is 2.73 bits per heavy atom. The first kappa shape index (κ1) is 26.8. The summed E-state index contributed by atoms with van der Waals surface area (Å²) in [5, 5.41) is 2.84. The minimum atomic E-state index is -4.82.